The van der Waals surface area contributed by atoms with Crippen molar-refractivity contribution in [1.82, 2.24) is 9.88 Å². The normalized spacial score (nSPS) is 17.0. The standard InChI is InChI=1S/C14H21F3N4/c1-2-6-18-12-4-3-5-13(19-12)21-9-7-20(8-10-21)11-14(15,16)17/h3-5H,2,6-11H2,1H3,(H,18,19). The summed E-state index contributed by atoms with van der Waals surface area (Å²) in [4.78, 5) is 7.98. The van der Waals surface area contributed by atoms with Crippen LogP contribution in [-0.4, -0.2) is 55.3 Å². The molecule has 0 aromatic carbocycles. The lowest BCUT2D eigenvalue weighted by Crippen LogP contribution is -2.49. The van der Waals surface area contributed by atoms with Gasteiger partial charge in [-0.1, -0.05) is 13.0 Å². The fourth-order valence-electron chi connectivity index (χ4n) is 2.34. The Labute approximate surface area is 122 Å². The summed E-state index contributed by atoms with van der Waals surface area (Å²) in [5.74, 6) is 1.63. The second-order valence-corrected chi connectivity index (χ2v) is 5.19. The number of alkyl halides is 3. The highest BCUT2D eigenvalue weighted by molar-refractivity contribution is 5.47. The van der Waals surface area contributed by atoms with E-state index in [0.717, 1.165) is 24.6 Å². The Hall–Kier alpha value is -1.50. The summed E-state index contributed by atoms with van der Waals surface area (Å²) < 4.78 is 37.1. The van der Waals surface area contributed by atoms with Crippen molar-refractivity contribution in [2.45, 2.75) is 19.5 Å². The van der Waals surface area contributed by atoms with E-state index in [-0.39, 0.29) is 0 Å². The van der Waals surface area contributed by atoms with Crippen molar-refractivity contribution in [2.24, 2.45) is 0 Å². The van der Waals surface area contributed by atoms with Crippen LogP contribution in [0.3, 0.4) is 0 Å². The lowest BCUT2D eigenvalue weighted by molar-refractivity contribution is -0.146. The van der Waals surface area contributed by atoms with Crippen molar-refractivity contribution in [3.63, 3.8) is 0 Å². The van der Waals surface area contributed by atoms with Crippen LogP contribution >= 0.6 is 0 Å². The first-order chi connectivity index (χ1) is 9.98. The summed E-state index contributed by atoms with van der Waals surface area (Å²) in [6, 6.07) is 5.72. The zero-order chi connectivity index (χ0) is 15.3. The van der Waals surface area contributed by atoms with Gasteiger partial charge in [-0.2, -0.15) is 13.2 Å². The van der Waals surface area contributed by atoms with Crippen LogP contribution < -0.4 is 10.2 Å². The molecule has 0 saturated carbocycles. The lowest BCUT2D eigenvalue weighted by atomic mass is 10.3. The largest absolute Gasteiger partial charge is 0.401 e. The first-order valence-electron chi connectivity index (χ1n) is 7.23. The number of hydrogen-bond acceptors (Lipinski definition) is 4. The van der Waals surface area contributed by atoms with Crippen molar-refractivity contribution in [2.75, 3.05) is 49.5 Å². The smallest absolute Gasteiger partial charge is 0.370 e. The van der Waals surface area contributed by atoms with Gasteiger partial charge >= 0.3 is 6.18 Å². The molecule has 1 aromatic rings. The molecular weight excluding hydrogens is 281 g/mol. The lowest BCUT2D eigenvalue weighted by Gasteiger charge is -2.35. The molecule has 1 fully saturated rings. The Morgan fingerprint density at radius 2 is 1.90 bits per heavy atom. The number of pyridine rings is 1. The fraction of sp³-hybridized carbons (Fsp3) is 0.643. The Kier molecular flexibility index (Phi) is 5.27. The van der Waals surface area contributed by atoms with Crippen LogP contribution in [0.5, 0.6) is 0 Å². The van der Waals surface area contributed by atoms with Crippen LogP contribution in [-0.2, 0) is 0 Å². The Morgan fingerprint density at radius 1 is 1.19 bits per heavy atom. The number of rotatable bonds is 5. The van der Waals surface area contributed by atoms with Gasteiger partial charge in [0.15, 0.2) is 0 Å². The van der Waals surface area contributed by atoms with Gasteiger partial charge in [-0.15, -0.1) is 0 Å². The quantitative estimate of drug-likeness (QED) is 0.906. The minimum Gasteiger partial charge on any atom is -0.370 e. The highest BCUT2D eigenvalue weighted by Gasteiger charge is 2.32. The van der Waals surface area contributed by atoms with Crippen LogP contribution in [0.4, 0.5) is 24.8 Å². The maximum Gasteiger partial charge on any atom is 0.401 e. The third-order valence-electron chi connectivity index (χ3n) is 3.39. The zero-order valence-electron chi connectivity index (χ0n) is 12.2. The van der Waals surface area contributed by atoms with Crippen molar-refractivity contribution in [1.29, 1.82) is 0 Å². The summed E-state index contributed by atoms with van der Waals surface area (Å²) in [5, 5.41) is 3.22. The van der Waals surface area contributed by atoms with Gasteiger partial charge in [0, 0.05) is 32.7 Å². The van der Waals surface area contributed by atoms with Gasteiger partial charge < -0.3 is 10.2 Å². The molecule has 21 heavy (non-hydrogen) atoms. The van der Waals surface area contributed by atoms with Crippen molar-refractivity contribution >= 4 is 11.6 Å². The number of nitrogens with zero attached hydrogens (tertiary/aromatic N) is 3. The van der Waals surface area contributed by atoms with Gasteiger partial charge in [-0.25, -0.2) is 4.98 Å². The van der Waals surface area contributed by atoms with Gasteiger partial charge in [0.1, 0.15) is 11.6 Å². The van der Waals surface area contributed by atoms with Gasteiger partial charge in [-0.05, 0) is 18.6 Å². The van der Waals surface area contributed by atoms with Crippen LogP contribution in [0.15, 0.2) is 18.2 Å². The summed E-state index contributed by atoms with van der Waals surface area (Å²) in [7, 11) is 0. The average Bonchev–Trinajstić information content (AvgIpc) is 2.44. The number of anilines is 2. The molecule has 0 bridgehead atoms. The van der Waals surface area contributed by atoms with E-state index in [1.165, 1.54) is 4.90 Å². The molecule has 7 heteroatoms. The van der Waals surface area contributed by atoms with E-state index >= 15 is 0 Å². The molecule has 1 saturated heterocycles. The van der Waals surface area contributed by atoms with Crippen LogP contribution in [0.2, 0.25) is 0 Å². The van der Waals surface area contributed by atoms with E-state index in [1.54, 1.807) is 0 Å². The molecule has 118 valence electrons. The molecule has 0 atom stereocenters. The van der Waals surface area contributed by atoms with Crippen molar-refractivity contribution < 1.29 is 13.2 Å². The Morgan fingerprint density at radius 3 is 2.52 bits per heavy atom. The third kappa shape index (κ3) is 5.08. The first-order valence-corrected chi connectivity index (χ1v) is 7.23. The Bertz CT molecular complexity index is 442. The first kappa shape index (κ1) is 15.9. The van der Waals surface area contributed by atoms with E-state index in [1.807, 2.05) is 23.1 Å². The summed E-state index contributed by atoms with van der Waals surface area (Å²) in [5.41, 5.74) is 0. The minimum absolute atomic E-state index is 0.411. The van der Waals surface area contributed by atoms with E-state index in [0.29, 0.717) is 26.2 Å². The number of halogens is 3. The molecule has 0 unspecified atom stereocenters. The molecule has 0 radical (unpaired) electrons. The second kappa shape index (κ2) is 6.98. The van der Waals surface area contributed by atoms with Gasteiger partial charge in [-0.3, -0.25) is 4.90 Å². The van der Waals surface area contributed by atoms with Gasteiger partial charge in [0.2, 0.25) is 0 Å². The molecule has 2 rings (SSSR count). The minimum atomic E-state index is -4.12. The predicted molar refractivity (Wildman–Crippen MR) is 77.7 cm³/mol. The third-order valence-corrected chi connectivity index (χ3v) is 3.39. The molecule has 2 heterocycles. The van der Waals surface area contributed by atoms with E-state index < -0.39 is 12.7 Å². The highest BCUT2D eigenvalue weighted by atomic mass is 19.4. The van der Waals surface area contributed by atoms with Crippen LogP contribution in [0.25, 0.3) is 0 Å². The summed E-state index contributed by atoms with van der Waals surface area (Å²) >= 11 is 0. The monoisotopic (exact) mass is 302 g/mol. The summed E-state index contributed by atoms with van der Waals surface area (Å²) in [6.45, 7) is 4.07. The Balaban J connectivity index is 1.90. The molecule has 1 aliphatic heterocycles. The van der Waals surface area contributed by atoms with E-state index in [9.17, 15) is 13.2 Å². The van der Waals surface area contributed by atoms with Gasteiger partial charge in [0.05, 0.1) is 6.54 Å². The van der Waals surface area contributed by atoms with Gasteiger partial charge in [0.25, 0.3) is 0 Å². The van der Waals surface area contributed by atoms with Crippen molar-refractivity contribution in [3.8, 4) is 0 Å². The zero-order valence-corrected chi connectivity index (χ0v) is 12.2. The number of aromatic nitrogens is 1. The van der Waals surface area contributed by atoms with Crippen LogP contribution in [0.1, 0.15) is 13.3 Å². The molecule has 0 aliphatic carbocycles. The van der Waals surface area contributed by atoms with Crippen LogP contribution in [0, 0.1) is 0 Å². The summed E-state index contributed by atoms with van der Waals surface area (Å²) in [6.07, 6.45) is -3.10. The maximum absolute atomic E-state index is 12.4. The van der Waals surface area contributed by atoms with Crippen molar-refractivity contribution in [3.05, 3.63) is 18.2 Å². The highest BCUT2D eigenvalue weighted by Crippen LogP contribution is 2.20. The molecule has 1 N–H and O–H groups in total. The topological polar surface area (TPSA) is 31.4 Å². The molecule has 1 aromatic heterocycles. The SMILES string of the molecule is CCCNc1cccc(N2CCN(CC(F)(F)F)CC2)n1. The molecule has 0 amide bonds. The number of piperazine rings is 1. The predicted octanol–water partition coefficient (Wildman–Crippen LogP) is 2.59. The molecule has 1 aliphatic rings. The number of nitrogens with one attached hydrogen (secondary N) is 1. The molecular formula is C14H21F3N4. The molecule has 4 nitrogen and oxygen atoms in total. The molecule has 0 spiro atoms. The maximum atomic E-state index is 12.4. The van der Waals surface area contributed by atoms with E-state index in [4.69, 9.17) is 0 Å². The second-order valence-electron chi connectivity index (χ2n) is 5.19. The number of hydrogen-bond donors (Lipinski definition) is 1. The van der Waals surface area contributed by atoms with E-state index in [2.05, 4.69) is 17.2 Å². The fourth-order valence-corrected chi connectivity index (χ4v) is 2.34. The average molecular weight is 302 g/mol.